The number of nitrogens with one attached hydrogen (secondary N) is 4. The molecule has 0 saturated carbocycles. The predicted molar refractivity (Wildman–Crippen MR) is 432 cm³/mol. The van der Waals surface area contributed by atoms with E-state index in [0.29, 0.717) is 37.1 Å². The number of aliphatic hydroxyl groups is 3. The van der Waals surface area contributed by atoms with Gasteiger partial charge in [0.25, 0.3) is 11.8 Å². The Morgan fingerprint density at radius 2 is 0.938 bits per heavy atom. The summed E-state index contributed by atoms with van der Waals surface area (Å²) in [7, 11) is 0. The number of aromatic nitrogens is 3. The second kappa shape index (κ2) is 36.7. The van der Waals surface area contributed by atoms with Gasteiger partial charge in [0.15, 0.2) is 0 Å². The number of aliphatic hydroxyl groups excluding tert-OH is 3. The number of thiazole rings is 3. The molecular formula is C85H99FN12O12S3. The van der Waals surface area contributed by atoms with Crippen LogP contribution in [0, 0.1) is 36.9 Å². The maximum atomic E-state index is 13.8. The van der Waals surface area contributed by atoms with Crippen LogP contribution in [0.3, 0.4) is 0 Å². The van der Waals surface area contributed by atoms with E-state index in [2.05, 4.69) is 42.8 Å². The average Bonchev–Trinajstić information content (AvgIpc) is 1.63. The van der Waals surface area contributed by atoms with Crippen molar-refractivity contribution in [2.24, 2.45) is 17.3 Å². The van der Waals surface area contributed by atoms with Crippen LogP contribution in [0.4, 0.5) is 4.39 Å². The first-order valence-corrected chi connectivity index (χ1v) is 40.8. The second-order valence-electron chi connectivity index (χ2n) is 31.1. The van der Waals surface area contributed by atoms with E-state index in [0.717, 1.165) is 70.7 Å². The fourth-order valence-electron chi connectivity index (χ4n) is 15.1. The summed E-state index contributed by atoms with van der Waals surface area (Å²) < 4.78 is 13.8. The highest BCUT2D eigenvalue weighted by Crippen LogP contribution is 2.36. The molecule has 28 heteroatoms. The molecule has 3 saturated heterocycles. The van der Waals surface area contributed by atoms with Crippen LogP contribution in [0.5, 0.6) is 0 Å². The van der Waals surface area contributed by atoms with Crippen molar-refractivity contribution < 1.29 is 62.9 Å². The zero-order valence-electron chi connectivity index (χ0n) is 65.2. The van der Waals surface area contributed by atoms with Crippen LogP contribution < -0.4 is 21.3 Å². The molecule has 8 heterocycles. The molecule has 0 aliphatic carbocycles. The van der Waals surface area contributed by atoms with Crippen molar-refractivity contribution in [2.45, 2.75) is 189 Å². The lowest BCUT2D eigenvalue weighted by Crippen LogP contribution is -2.57. The van der Waals surface area contributed by atoms with Crippen molar-refractivity contribution in [1.29, 1.82) is 0 Å². The molecule has 0 unspecified atom stereocenters. The van der Waals surface area contributed by atoms with Gasteiger partial charge in [-0.25, -0.2) is 19.3 Å². The Hall–Kier alpha value is -10.2. The molecule has 5 aliphatic heterocycles. The fourth-order valence-corrected chi connectivity index (χ4v) is 17.6. The fraction of sp³-hybridized carbons (Fsp3) is 0.412. The number of hydrogen-bond donors (Lipinski definition) is 7. The highest BCUT2D eigenvalue weighted by atomic mass is 32.1. The second-order valence-corrected chi connectivity index (χ2v) is 33.6. The van der Waals surface area contributed by atoms with Crippen molar-refractivity contribution in [3.05, 3.63) is 200 Å². The zero-order valence-corrected chi connectivity index (χ0v) is 67.7. The van der Waals surface area contributed by atoms with Crippen LogP contribution in [0.1, 0.15) is 153 Å². The van der Waals surface area contributed by atoms with Gasteiger partial charge in [0, 0.05) is 89.2 Å². The molecule has 113 heavy (non-hydrogen) atoms. The number of fused-ring (bicyclic) bond motifs is 2. The number of carbonyl (C=O) groups excluding carboxylic acids is 9. The lowest BCUT2D eigenvalue weighted by atomic mass is 9.85. The summed E-state index contributed by atoms with van der Waals surface area (Å²) in [6.07, 6.45) is 0.733. The summed E-state index contributed by atoms with van der Waals surface area (Å²) in [5.41, 5.74) is 16.0. The third-order valence-electron chi connectivity index (χ3n) is 21.0. The molecule has 7 N–H and O–H groups in total. The van der Waals surface area contributed by atoms with Crippen LogP contribution in [-0.4, -0.2) is 182 Å². The standard InChI is InChI=1S/C30H32N4O4S.C29H31FN4O4S.C26H36N4O4S/c1-4-24-27(39-17-32-24)20-11-9-19(10-12-20)14-31-28(36)25-13-22(35)16-33(25)30(38)26(18(2)3)34-15-21-7-5-6-8-23(21)29(34)37;1-16(2)25(34-13-20-8-9-21(30)10-23(20)28(34)37)29(38)33-14-22(35)11-24(33)27(36)31-12-18-4-6-19(7-5-18)26-17(3)32-15-39-26;1-6-7-21(32)29-23(26(3,4)5)25(34)30-14-19(31)12-20(30)24(33)27-13-17-8-10-18(11-9-17)22-16(2)28-15-35-22/h4-12,17-18,22,25-26,35H,1,13-16H2,2-3H3,(H,31,36);4-10,15-16,22,24-25,35H,11-14H2,1-3H3,(H,31,36);8-11,15,19-20,23,31H,6-7,12-14H2,1-5H3,(H,27,33)(H,29,32)/t22-,25+,26+;22-,24+,25+;19-,20+,23-/m111/s1. The highest BCUT2D eigenvalue weighted by molar-refractivity contribution is 7.14. The minimum absolute atomic E-state index is 0.00659. The molecule has 0 bridgehead atoms. The Balaban J connectivity index is 0.000000168. The van der Waals surface area contributed by atoms with Crippen LogP contribution in [-0.2, 0) is 66.3 Å². The van der Waals surface area contributed by atoms with Gasteiger partial charge < -0.3 is 61.1 Å². The third kappa shape index (κ3) is 19.5. The van der Waals surface area contributed by atoms with E-state index in [1.165, 1.54) is 31.7 Å². The lowest BCUT2D eigenvalue weighted by Gasteiger charge is -2.35. The number of halogens is 1. The third-order valence-corrected chi connectivity index (χ3v) is 23.9. The van der Waals surface area contributed by atoms with E-state index < -0.39 is 77.6 Å². The normalized spacial score (nSPS) is 19.2. The number of carbonyl (C=O) groups is 9. The number of nitrogens with zero attached hydrogens (tertiary/aromatic N) is 8. The summed E-state index contributed by atoms with van der Waals surface area (Å²) in [6.45, 7) is 24.3. The number of benzene rings is 5. The zero-order chi connectivity index (χ0) is 81.3. The van der Waals surface area contributed by atoms with Gasteiger partial charge in [0.2, 0.25) is 41.4 Å². The largest absolute Gasteiger partial charge is 0.391 e. The van der Waals surface area contributed by atoms with Gasteiger partial charge in [0.1, 0.15) is 42.1 Å². The molecule has 9 amide bonds. The number of hydrogen-bond acceptors (Lipinski definition) is 18. The van der Waals surface area contributed by atoms with Crippen LogP contribution >= 0.6 is 34.0 Å². The Kier molecular flexibility index (Phi) is 27.2. The number of likely N-dealkylation sites (tertiary alicyclic amines) is 3. The van der Waals surface area contributed by atoms with E-state index in [-0.39, 0.29) is 117 Å². The number of rotatable bonds is 23. The molecule has 3 fully saturated rings. The summed E-state index contributed by atoms with van der Waals surface area (Å²) in [5, 5.41) is 42.7. The SMILES string of the molecule is C=Cc1ncsc1-c1ccc(CNC(=O)[C@@H]2C[C@@H](O)CN2C(=O)[C@H](C(C)C)N2Cc3ccccc3C2=O)cc1.CCCC(=O)N[C@H](C(=O)N1C[C@H](O)C[C@H]1C(=O)NCc1ccc(-c2scnc2C)cc1)C(C)(C)C.Cc1ncsc1-c1ccc(CNC(=O)[C@@H]2C[C@@H](O)CN2C(=O)[C@H](C(C)C)N2Cc3ccc(F)cc3C2=O)cc1. The van der Waals surface area contributed by atoms with Gasteiger partial charge in [-0.3, -0.25) is 43.2 Å². The van der Waals surface area contributed by atoms with Gasteiger partial charge in [-0.1, -0.05) is 159 Å². The van der Waals surface area contributed by atoms with Crippen molar-refractivity contribution in [3.8, 4) is 31.3 Å². The monoisotopic (exact) mass is 1590 g/mol. The Morgan fingerprint density at radius 1 is 0.549 bits per heavy atom. The predicted octanol–water partition coefficient (Wildman–Crippen LogP) is 10.3. The van der Waals surface area contributed by atoms with Gasteiger partial charge >= 0.3 is 0 Å². The quantitative estimate of drug-likeness (QED) is 0.0313. The van der Waals surface area contributed by atoms with Crippen molar-refractivity contribution >= 4 is 93.3 Å². The number of aryl methyl sites for hydroxylation is 2. The average molecular weight is 1600 g/mol. The summed E-state index contributed by atoms with van der Waals surface area (Å²) in [5.74, 6) is -3.77. The van der Waals surface area contributed by atoms with E-state index in [1.54, 1.807) is 62.6 Å². The number of amides is 9. The van der Waals surface area contributed by atoms with E-state index >= 15 is 0 Å². The van der Waals surface area contributed by atoms with Crippen LogP contribution in [0.15, 0.2) is 138 Å². The molecule has 5 aliphatic rings. The molecule has 3 aromatic heterocycles. The van der Waals surface area contributed by atoms with E-state index in [9.17, 15) is 62.9 Å². The molecule has 596 valence electrons. The molecule has 24 nitrogen and oxygen atoms in total. The highest BCUT2D eigenvalue weighted by Gasteiger charge is 2.49. The van der Waals surface area contributed by atoms with Crippen molar-refractivity contribution in [2.75, 3.05) is 19.6 Å². The first kappa shape index (κ1) is 83.7. The Bertz CT molecular complexity index is 4790. The molecule has 0 radical (unpaired) electrons. The maximum absolute atomic E-state index is 13.8. The Morgan fingerprint density at radius 3 is 1.33 bits per heavy atom. The van der Waals surface area contributed by atoms with Gasteiger partial charge in [0.05, 0.1) is 66.6 Å². The first-order valence-electron chi connectivity index (χ1n) is 38.1. The lowest BCUT2D eigenvalue weighted by molar-refractivity contribution is -0.144. The number of β-amino-alcohol motifs (C(OH)–C–C–N with tert-alkyl or cyclic N) is 3. The molecule has 0 spiro atoms. The van der Waals surface area contributed by atoms with Crippen LogP contribution in [0.25, 0.3) is 37.4 Å². The smallest absolute Gasteiger partial charge is 0.255 e. The summed E-state index contributed by atoms with van der Waals surface area (Å²) in [4.78, 5) is 143. The molecule has 13 rings (SSSR count). The minimum atomic E-state index is -0.856. The van der Waals surface area contributed by atoms with Crippen molar-refractivity contribution in [1.82, 2.24) is 60.7 Å². The Labute approximate surface area is 669 Å². The van der Waals surface area contributed by atoms with Crippen molar-refractivity contribution in [3.63, 3.8) is 0 Å². The minimum Gasteiger partial charge on any atom is -0.391 e. The first-order chi connectivity index (χ1) is 53.9. The summed E-state index contributed by atoms with van der Waals surface area (Å²) in [6, 6.07) is 30.2. The topological polar surface area (TPSA) is 317 Å². The van der Waals surface area contributed by atoms with E-state index in [1.807, 2.05) is 171 Å². The molecular weight excluding hydrogens is 1500 g/mol. The van der Waals surface area contributed by atoms with Gasteiger partial charge in [-0.15, -0.1) is 34.0 Å². The maximum Gasteiger partial charge on any atom is 0.255 e. The van der Waals surface area contributed by atoms with Gasteiger partial charge in [-0.05, 0) is 106 Å². The van der Waals surface area contributed by atoms with Gasteiger partial charge in [-0.2, -0.15) is 0 Å². The summed E-state index contributed by atoms with van der Waals surface area (Å²) >= 11 is 4.71. The van der Waals surface area contributed by atoms with E-state index in [4.69, 9.17) is 0 Å². The molecule has 8 aromatic rings. The molecule has 5 aromatic carbocycles. The van der Waals surface area contributed by atoms with Crippen LogP contribution in [0.2, 0.25) is 0 Å². The molecule has 9 atom stereocenters.